The summed E-state index contributed by atoms with van der Waals surface area (Å²) in [6, 6.07) is 12.1. The Labute approximate surface area is 146 Å². The Morgan fingerprint density at radius 2 is 1.92 bits per heavy atom. The van der Waals surface area contributed by atoms with E-state index in [0.29, 0.717) is 6.42 Å². The molecule has 0 radical (unpaired) electrons. The smallest absolute Gasteiger partial charge is 0.251 e. The molecule has 3 rings (SSSR count). The Morgan fingerprint density at radius 3 is 2.60 bits per heavy atom. The fourth-order valence-corrected chi connectivity index (χ4v) is 3.16. The number of hydrogen-bond acceptors (Lipinski definition) is 3. The predicted octanol–water partition coefficient (Wildman–Crippen LogP) is 1.47. The van der Waals surface area contributed by atoms with Gasteiger partial charge in [-0.3, -0.25) is 14.4 Å². The highest BCUT2D eigenvalue weighted by Gasteiger charge is 2.38. The molecule has 1 aliphatic heterocycles. The number of hydrogen-bond donors (Lipinski definition) is 1. The summed E-state index contributed by atoms with van der Waals surface area (Å²) in [7, 11) is 0. The highest BCUT2D eigenvalue weighted by molar-refractivity contribution is 6.01. The second-order valence-electron chi connectivity index (χ2n) is 6.42. The van der Waals surface area contributed by atoms with E-state index in [1.165, 1.54) is 10.6 Å². The highest BCUT2D eigenvalue weighted by Crippen LogP contribution is 2.26. The van der Waals surface area contributed by atoms with Crippen LogP contribution in [-0.2, 0) is 16.1 Å². The van der Waals surface area contributed by atoms with E-state index in [1.807, 2.05) is 44.2 Å². The summed E-state index contributed by atoms with van der Waals surface area (Å²) in [5.74, 6) is -0.463. The van der Waals surface area contributed by atoms with E-state index in [1.54, 1.807) is 17.2 Å². The SMILES string of the molecule is Cc1ccn(CC(=O)N[C@H]2C[C@@H](C)N(c3ccccc3)C2=O)c(=O)c1. The first-order valence-electron chi connectivity index (χ1n) is 8.30. The molecule has 0 aliphatic carbocycles. The molecule has 1 aromatic carbocycles. The maximum atomic E-state index is 12.7. The van der Waals surface area contributed by atoms with E-state index in [4.69, 9.17) is 0 Å². The topological polar surface area (TPSA) is 71.4 Å². The van der Waals surface area contributed by atoms with Crippen molar-refractivity contribution in [2.24, 2.45) is 0 Å². The Morgan fingerprint density at radius 1 is 1.20 bits per heavy atom. The third-order valence-corrected chi connectivity index (χ3v) is 4.39. The summed E-state index contributed by atoms with van der Waals surface area (Å²) in [5.41, 5.74) is 1.44. The van der Waals surface area contributed by atoms with Crippen LogP contribution in [0.5, 0.6) is 0 Å². The number of nitrogens with zero attached hydrogens (tertiary/aromatic N) is 2. The largest absolute Gasteiger partial charge is 0.343 e. The zero-order valence-electron chi connectivity index (χ0n) is 14.3. The number of carbonyl (C=O) groups is 2. The lowest BCUT2D eigenvalue weighted by Crippen LogP contribution is -2.43. The third-order valence-electron chi connectivity index (χ3n) is 4.39. The molecule has 1 saturated heterocycles. The molecular weight excluding hydrogens is 318 g/mol. The van der Waals surface area contributed by atoms with Gasteiger partial charge in [-0.2, -0.15) is 0 Å². The van der Waals surface area contributed by atoms with Gasteiger partial charge in [-0.15, -0.1) is 0 Å². The predicted molar refractivity (Wildman–Crippen MR) is 95.4 cm³/mol. The number of nitrogens with one attached hydrogen (secondary N) is 1. The number of rotatable bonds is 4. The molecule has 2 amide bonds. The van der Waals surface area contributed by atoms with Crippen molar-refractivity contribution >= 4 is 17.5 Å². The van der Waals surface area contributed by atoms with Crippen LogP contribution in [0, 0.1) is 6.92 Å². The van der Waals surface area contributed by atoms with Gasteiger partial charge in [0.05, 0.1) is 0 Å². The van der Waals surface area contributed by atoms with Gasteiger partial charge in [0, 0.05) is 24.0 Å². The Bertz CT molecular complexity index is 844. The molecule has 1 aromatic heterocycles. The van der Waals surface area contributed by atoms with Crippen LogP contribution < -0.4 is 15.8 Å². The van der Waals surface area contributed by atoms with Gasteiger partial charge < -0.3 is 14.8 Å². The normalized spacial score (nSPS) is 19.9. The van der Waals surface area contributed by atoms with Gasteiger partial charge in [-0.1, -0.05) is 18.2 Å². The van der Waals surface area contributed by atoms with Crippen LogP contribution in [0.3, 0.4) is 0 Å². The summed E-state index contributed by atoms with van der Waals surface area (Å²) in [6.07, 6.45) is 2.13. The minimum absolute atomic E-state index is 0.00213. The number of anilines is 1. The molecule has 130 valence electrons. The molecule has 0 spiro atoms. The average Bonchev–Trinajstić information content (AvgIpc) is 2.85. The van der Waals surface area contributed by atoms with Crippen molar-refractivity contribution in [3.8, 4) is 0 Å². The highest BCUT2D eigenvalue weighted by atomic mass is 16.2. The average molecular weight is 339 g/mol. The van der Waals surface area contributed by atoms with Crippen LogP contribution in [0.4, 0.5) is 5.69 Å². The van der Waals surface area contributed by atoms with Gasteiger partial charge in [-0.05, 0) is 44.0 Å². The first-order valence-corrected chi connectivity index (χ1v) is 8.30. The Hall–Kier alpha value is -2.89. The second kappa shape index (κ2) is 6.93. The van der Waals surface area contributed by atoms with Gasteiger partial charge in [0.2, 0.25) is 11.8 Å². The van der Waals surface area contributed by atoms with Crippen molar-refractivity contribution in [2.75, 3.05) is 4.90 Å². The summed E-state index contributed by atoms with van der Waals surface area (Å²) >= 11 is 0. The standard InChI is InChI=1S/C19H21N3O3/c1-13-8-9-21(18(24)10-13)12-17(23)20-16-11-14(2)22(19(16)25)15-6-4-3-5-7-15/h3-10,14,16H,11-12H2,1-2H3,(H,20,23)/t14-,16+/m1/s1. The van der Waals surface area contributed by atoms with Crippen molar-refractivity contribution in [1.29, 1.82) is 0 Å². The lowest BCUT2D eigenvalue weighted by molar-refractivity contribution is -0.126. The Balaban J connectivity index is 1.68. The first kappa shape index (κ1) is 17.0. The summed E-state index contributed by atoms with van der Waals surface area (Å²) in [6.45, 7) is 3.69. The minimum Gasteiger partial charge on any atom is -0.343 e. The van der Waals surface area contributed by atoms with Crippen LogP contribution in [-0.4, -0.2) is 28.5 Å². The van der Waals surface area contributed by atoms with Crippen molar-refractivity contribution < 1.29 is 9.59 Å². The number of carbonyl (C=O) groups excluding carboxylic acids is 2. The number of amides is 2. The second-order valence-corrected chi connectivity index (χ2v) is 6.42. The quantitative estimate of drug-likeness (QED) is 0.917. The van der Waals surface area contributed by atoms with E-state index >= 15 is 0 Å². The molecule has 25 heavy (non-hydrogen) atoms. The molecule has 6 nitrogen and oxygen atoms in total. The molecule has 0 bridgehead atoms. The number of pyridine rings is 1. The van der Waals surface area contributed by atoms with E-state index in [2.05, 4.69) is 5.32 Å². The molecule has 2 aromatic rings. The van der Waals surface area contributed by atoms with E-state index in [9.17, 15) is 14.4 Å². The van der Waals surface area contributed by atoms with E-state index in [-0.39, 0.29) is 30.0 Å². The van der Waals surface area contributed by atoms with Crippen LogP contribution in [0.1, 0.15) is 18.9 Å². The summed E-state index contributed by atoms with van der Waals surface area (Å²) in [4.78, 5) is 38.5. The molecule has 2 heterocycles. The number of aryl methyl sites for hydroxylation is 1. The lowest BCUT2D eigenvalue weighted by atomic mass is 10.2. The van der Waals surface area contributed by atoms with Crippen LogP contribution in [0.2, 0.25) is 0 Å². The zero-order chi connectivity index (χ0) is 18.0. The van der Waals surface area contributed by atoms with Crippen molar-refractivity contribution in [3.63, 3.8) is 0 Å². The fourth-order valence-electron chi connectivity index (χ4n) is 3.16. The Kier molecular flexibility index (Phi) is 4.70. The molecule has 0 saturated carbocycles. The summed E-state index contributed by atoms with van der Waals surface area (Å²) < 4.78 is 1.33. The van der Waals surface area contributed by atoms with Crippen molar-refractivity contribution in [3.05, 3.63) is 64.6 Å². The van der Waals surface area contributed by atoms with Gasteiger partial charge in [0.1, 0.15) is 12.6 Å². The first-order chi connectivity index (χ1) is 12.0. The molecule has 2 atom stereocenters. The molecule has 1 aliphatic rings. The lowest BCUT2D eigenvalue weighted by Gasteiger charge is -2.21. The van der Waals surface area contributed by atoms with Crippen LogP contribution >= 0.6 is 0 Å². The molecule has 1 fully saturated rings. The van der Waals surface area contributed by atoms with Crippen molar-refractivity contribution in [1.82, 2.24) is 9.88 Å². The van der Waals surface area contributed by atoms with Gasteiger partial charge >= 0.3 is 0 Å². The monoisotopic (exact) mass is 339 g/mol. The number of aromatic nitrogens is 1. The van der Waals surface area contributed by atoms with E-state index < -0.39 is 6.04 Å². The van der Waals surface area contributed by atoms with E-state index in [0.717, 1.165) is 11.3 Å². The van der Waals surface area contributed by atoms with Crippen LogP contribution in [0.25, 0.3) is 0 Å². The van der Waals surface area contributed by atoms with Gasteiger partial charge in [0.25, 0.3) is 5.56 Å². The minimum atomic E-state index is -0.566. The number of benzene rings is 1. The zero-order valence-corrected chi connectivity index (χ0v) is 14.3. The van der Waals surface area contributed by atoms with Crippen molar-refractivity contribution in [2.45, 2.75) is 38.9 Å². The van der Waals surface area contributed by atoms with Gasteiger partial charge in [-0.25, -0.2) is 0 Å². The molecule has 0 unspecified atom stereocenters. The fraction of sp³-hybridized carbons (Fsp3) is 0.316. The maximum absolute atomic E-state index is 12.7. The third kappa shape index (κ3) is 3.63. The summed E-state index contributed by atoms with van der Waals surface area (Å²) in [5, 5.41) is 2.76. The van der Waals surface area contributed by atoms with Gasteiger partial charge in [0.15, 0.2) is 0 Å². The maximum Gasteiger partial charge on any atom is 0.251 e. The molecule has 1 N–H and O–H groups in total. The molecule has 6 heteroatoms. The van der Waals surface area contributed by atoms with Crippen LogP contribution in [0.15, 0.2) is 53.5 Å². The molecular formula is C19H21N3O3. The number of para-hydroxylation sites is 1.